The third-order valence-electron chi connectivity index (χ3n) is 3.27. The van der Waals surface area contributed by atoms with Gasteiger partial charge in [-0.1, -0.05) is 30.3 Å². The Morgan fingerprint density at radius 3 is 2.74 bits per heavy atom. The highest BCUT2D eigenvalue weighted by atomic mass is 32.2. The standard InChI is InChI=1S/C13H21N3O2S/c1-16(11-12-6-3-2-4-7-12)19(17,18)15-13-8-5-9-14-10-13/h2-4,6-7,13-15H,5,8-11H2,1H3/t13-/m1/s1. The van der Waals surface area contributed by atoms with E-state index >= 15 is 0 Å². The normalized spacial score (nSPS) is 20.6. The Bertz CT molecular complexity index is 484. The van der Waals surface area contributed by atoms with Crippen molar-refractivity contribution in [2.45, 2.75) is 25.4 Å². The molecule has 5 nitrogen and oxygen atoms in total. The van der Waals surface area contributed by atoms with Crippen molar-refractivity contribution in [3.63, 3.8) is 0 Å². The maximum atomic E-state index is 12.2. The fourth-order valence-corrected chi connectivity index (χ4v) is 3.30. The van der Waals surface area contributed by atoms with Gasteiger partial charge in [-0.05, 0) is 24.9 Å². The molecule has 1 heterocycles. The van der Waals surface area contributed by atoms with E-state index in [0.29, 0.717) is 13.1 Å². The van der Waals surface area contributed by atoms with Crippen LogP contribution in [-0.4, -0.2) is 38.9 Å². The summed E-state index contributed by atoms with van der Waals surface area (Å²) in [6.45, 7) is 2.06. The van der Waals surface area contributed by atoms with Gasteiger partial charge in [0.2, 0.25) is 0 Å². The zero-order chi connectivity index (χ0) is 13.7. The van der Waals surface area contributed by atoms with Crippen LogP contribution in [-0.2, 0) is 16.8 Å². The van der Waals surface area contributed by atoms with Crippen LogP contribution in [0.15, 0.2) is 30.3 Å². The van der Waals surface area contributed by atoms with Gasteiger partial charge in [-0.2, -0.15) is 17.4 Å². The highest BCUT2D eigenvalue weighted by Crippen LogP contribution is 2.08. The number of nitrogens with zero attached hydrogens (tertiary/aromatic N) is 1. The molecule has 6 heteroatoms. The first-order valence-corrected chi connectivity index (χ1v) is 8.00. The molecule has 1 saturated heterocycles. The van der Waals surface area contributed by atoms with Crippen LogP contribution in [0.2, 0.25) is 0 Å². The summed E-state index contributed by atoms with van der Waals surface area (Å²) in [5, 5.41) is 3.20. The smallest absolute Gasteiger partial charge is 0.279 e. The van der Waals surface area contributed by atoms with Crippen molar-refractivity contribution in [2.24, 2.45) is 0 Å². The summed E-state index contributed by atoms with van der Waals surface area (Å²) in [4.78, 5) is 0. The maximum Gasteiger partial charge on any atom is 0.279 e. The number of nitrogens with one attached hydrogen (secondary N) is 2. The zero-order valence-corrected chi connectivity index (χ0v) is 12.0. The lowest BCUT2D eigenvalue weighted by Crippen LogP contribution is -2.49. The lowest BCUT2D eigenvalue weighted by Gasteiger charge is -2.26. The average Bonchev–Trinajstić information content (AvgIpc) is 2.40. The molecule has 1 aliphatic heterocycles. The fourth-order valence-electron chi connectivity index (χ4n) is 2.18. The molecule has 0 saturated carbocycles. The SMILES string of the molecule is CN(Cc1ccccc1)S(=O)(=O)N[C@@H]1CCCNC1. The van der Waals surface area contributed by atoms with E-state index < -0.39 is 10.2 Å². The van der Waals surface area contributed by atoms with Crippen LogP contribution in [0.3, 0.4) is 0 Å². The summed E-state index contributed by atoms with van der Waals surface area (Å²) >= 11 is 0. The quantitative estimate of drug-likeness (QED) is 0.836. The van der Waals surface area contributed by atoms with E-state index in [9.17, 15) is 8.42 Å². The maximum absolute atomic E-state index is 12.2. The largest absolute Gasteiger partial charge is 0.315 e. The second-order valence-corrected chi connectivity index (χ2v) is 6.72. The number of piperidine rings is 1. The summed E-state index contributed by atoms with van der Waals surface area (Å²) in [5.74, 6) is 0. The first kappa shape index (κ1) is 14.5. The van der Waals surface area contributed by atoms with Gasteiger partial charge in [0.15, 0.2) is 0 Å². The summed E-state index contributed by atoms with van der Waals surface area (Å²) < 4.78 is 28.5. The highest BCUT2D eigenvalue weighted by Gasteiger charge is 2.23. The van der Waals surface area contributed by atoms with Gasteiger partial charge in [-0.3, -0.25) is 0 Å². The zero-order valence-electron chi connectivity index (χ0n) is 11.2. The van der Waals surface area contributed by atoms with Crippen LogP contribution < -0.4 is 10.0 Å². The average molecular weight is 283 g/mol. The summed E-state index contributed by atoms with van der Waals surface area (Å²) in [7, 11) is -1.81. The van der Waals surface area contributed by atoms with Crippen LogP contribution >= 0.6 is 0 Å². The van der Waals surface area contributed by atoms with Gasteiger partial charge >= 0.3 is 0 Å². The van der Waals surface area contributed by atoms with Crippen molar-refractivity contribution in [1.82, 2.24) is 14.3 Å². The molecule has 106 valence electrons. The second-order valence-electron chi connectivity index (χ2n) is 4.91. The summed E-state index contributed by atoms with van der Waals surface area (Å²) in [6, 6.07) is 9.59. The molecule has 1 aliphatic rings. The molecule has 0 bridgehead atoms. The third kappa shape index (κ3) is 4.28. The van der Waals surface area contributed by atoms with E-state index in [4.69, 9.17) is 0 Å². The van der Waals surface area contributed by atoms with Crippen molar-refractivity contribution >= 4 is 10.2 Å². The summed E-state index contributed by atoms with van der Waals surface area (Å²) in [5.41, 5.74) is 0.983. The van der Waals surface area contributed by atoms with Crippen LogP contribution in [0, 0.1) is 0 Å². The Hall–Kier alpha value is -0.950. The van der Waals surface area contributed by atoms with Crippen LogP contribution in [0.5, 0.6) is 0 Å². The predicted molar refractivity (Wildman–Crippen MR) is 75.9 cm³/mol. The van der Waals surface area contributed by atoms with Crippen molar-refractivity contribution < 1.29 is 8.42 Å². The number of rotatable bonds is 5. The summed E-state index contributed by atoms with van der Waals surface area (Å²) in [6.07, 6.45) is 1.90. The first-order valence-electron chi connectivity index (χ1n) is 6.56. The molecule has 2 N–H and O–H groups in total. The molecule has 1 aromatic carbocycles. The Kier molecular flexibility index (Phi) is 4.93. The van der Waals surface area contributed by atoms with Crippen LogP contribution in [0.25, 0.3) is 0 Å². The van der Waals surface area contributed by atoms with Crippen LogP contribution in [0.4, 0.5) is 0 Å². The van der Waals surface area contributed by atoms with Gasteiger partial charge in [0.1, 0.15) is 0 Å². The molecular weight excluding hydrogens is 262 g/mol. The lowest BCUT2D eigenvalue weighted by molar-refractivity contribution is 0.401. The molecule has 0 spiro atoms. The minimum atomic E-state index is -3.41. The number of benzene rings is 1. The molecule has 0 aromatic heterocycles. The van der Waals surface area contributed by atoms with Crippen molar-refractivity contribution in [3.05, 3.63) is 35.9 Å². The third-order valence-corrected chi connectivity index (χ3v) is 4.85. The van der Waals surface area contributed by atoms with Gasteiger partial charge in [0.05, 0.1) is 0 Å². The Balaban J connectivity index is 1.94. The highest BCUT2D eigenvalue weighted by molar-refractivity contribution is 7.87. The fraction of sp³-hybridized carbons (Fsp3) is 0.538. The number of hydrogen-bond acceptors (Lipinski definition) is 3. The molecule has 1 aromatic rings. The molecule has 0 radical (unpaired) electrons. The molecule has 0 aliphatic carbocycles. The topological polar surface area (TPSA) is 61.4 Å². The Morgan fingerprint density at radius 2 is 2.11 bits per heavy atom. The lowest BCUT2D eigenvalue weighted by atomic mass is 10.1. The molecule has 2 rings (SSSR count). The van der Waals surface area contributed by atoms with E-state index in [-0.39, 0.29) is 6.04 Å². The van der Waals surface area contributed by atoms with Gasteiger partial charge in [0.25, 0.3) is 10.2 Å². The van der Waals surface area contributed by atoms with Crippen molar-refractivity contribution in [3.8, 4) is 0 Å². The van der Waals surface area contributed by atoms with Crippen molar-refractivity contribution in [2.75, 3.05) is 20.1 Å². The molecular formula is C13H21N3O2S. The minimum absolute atomic E-state index is 0.00280. The second kappa shape index (κ2) is 6.47. The molecule has 0 unspecified atom stereocenters. The first-order chi connectivity index (χ1) is 9.08. The van der Waals surface area contributed by atoms with Gasteiger partial charge in [0, 0.05) is 26.2 Å². The van der Waals surface area contributed by atoms with E-state index in [2.05, 4.69) is 10.0 Å². The number of hydrogen-bond donors (Lipinski definition) is 2. The molecule has 0 amide bonds. The molecule has 19 heavy (non-hydrogen) atoms. The monoisotopic (exact) mass is 283 g/mol. The van der Waals surface area contributed by atoms with E-state index in [1.165, 1.54) is 4.31 Å². The Labute approximate surface area is 115 Å². The van der Waals surface area contributed by atoms with E-state index in [1.54, 1.807) is 7.05 Å². The van der Waals surface area contributed by atoms with E-state index in [1.807, 2.05) is 30.3 Å². The van der Waals surface area contributed by atoms with Gasteiger partial charge in [-0.25, -0.2) is 0 Å². The minimum Gasteiger partial charge on any atom is -0.315 e. The van der Waals surface area contributed by atoms with Crippen molar-refractivity contribution in [1.29, 1.82) is 0 Å². The predicted octanol–water partition coefficient (Wildman–Crippen LogP) is 0.705. The van der Waals surface area contributed by atoms with Gasteiger partial charge in [-0.15, -0.1) is 0 Å². The Morgan fingerprint density at radius 1 is 1.37 bits per heavy atom. The van der Waals surface area contributed by atoms with Crippen LogP contribution in [0.1, 0.15) is 18.4 Å². The van der Waals surface area contributed by atoms with Gasteiger partial charge < -0.3 is 5.32 Å². The molecule has 1 fully saturated rings. The molecule has 1 atom stereocenters. The van der Waals surface area contributed by atoms with E-state index in [0.717, 1.165) is 24.9 Å².